The average Bonchev–Trinajstić information content (AvgIpc) is 2.69. The summed E-state index contributed by atoms with van der Waals surface area (Å²) in [4.78, 5) is 19.0. The van der Waals surface area contributed by atoms with Crippen LogP contribution in [0.3, 0.4) is 0 Å². The minimum Gasteiger partial charge on any atom is -0.461 e. The number of carbonyl (C=O) groups excluding carboxylic acids is 1. The number of hydrogen-bond donors (Lipinski definition) is 2. The highest BCUT2D eigenvalue weighted by Crippen LogP contribution is 2.24. The lowest BCUT2D eigenvalue weighted by Crippen LogP contribution is -2.48. The molecule has 0 amide bonds. The van der Waals surface area contributed by atoms with Gasteiger partial charge in [0.05, 0.1) is 6.61 Å². The highest BCUT2D eigenvalue weighted by molar-refractivity contribution is 6.08. The number of amidine groups is 1. The summed E-state index contributed by atoms with van der Waals surface area (Å²) in [7, 11) is 0. The molecule has 0 atom stereocenters. The van der Waals surface area contributed by atoms with Crippen LogP contribution >= 0.6 is 0 Å². The number of aliphatic imine (C=N–C) groups is 1. The fraction of sp³-hybridized carbons (Fsp3) is 0.611. The Bertz CT molecular complexity index is 620. The van der Waals surface area contributed by atoms with Crippen LogP contribution in [0.2, 0.25) is 0 Å². The van der Waals surface area contributed by atoms with Crippen LogP contribution in [0, 0.1) is 17.2 Å². The van der Waals surface area contributed by atoms with Crippen LogP contribution in [-0.4, -0.2) is 49.5 Å². The molecule has 2 N–H and O–H groups in total. The van der Waals surface area contributed by atoms with Crippen LogP contribution < -0.4 is 10.6 Å². The van der Waals surface area contributed by atoms with Gasteiger partial charge in [0.2, 0.25) is 0 Å². The number of piperazine rings is 1. The molecule has 0 aromatic heterocycles. The van der Waals surface area contributed by atoms with E-state index in [1.165, 1.54) is 19.3 Å². The Morgan fingerprint density at radius 1 is 1.32 bits per heavy atom. The predicted octanol–water partition coefficient (Wildman–Crippen LogP) is 1.27. The van der Waals surface area contributed by atoms with Crippen molar-refractivity contribution in [2.24, 2.45) is 10.9 Å². The molecule has 0 aromatic carbocycles. The van der Waals surface area contributed by atoms with Crippen LogP contribution in [-0.2, 0) is 9.53 Å². The summed E-state index contributed by atoms with van der Waals surface area (Å²) in [6.07, 6.45) is 9.12. The largest absolute Gasteiger partial charge is 0.461 e. The summed E-state index contributed by atoms with van der Waals surface area (Å²) >= 11 is 0. The number of hydrogen-bond acceptors (Lipinski definition) is 7. The number of rotatable bonds is 3. The van der Waals surface area contributed by atoms with E-state index in [0.717, 1.165) is 39.0 Å². The first-order valence-corrected chi connectivity index (χ1v) is 9.06. The molecule has 1 saturated heterocycles. The Balaban J connectivity index is 1.71. The van der Waals surface area contributed by atoms with Crippen molar-refractivity contribution < 1.29 is 9.53 Å². The van der Waals surface area contributed by atoms with E-state index in [-0.39, 0.29) is 5.57 Å². The summed E-state index contributed by atoms with van der Waals surface area (Å²) in [6.45, 7) is 3.67. The summed E-state index contributed by atoms with van der Waals surface area (Å²) < 4.78 is 5.45. The molecule has 2 heterocycles. The van der Waals surface area contributed by atoms with E-state index in [2.05, 4.69) is 20.5 Å². The third-order valence-corrected chi connectivity index (χ3v) is 4.88. The third-order valence-electron chi connectivity index (χ3n) is 4.88. The number of carbonyl (C=O) groups is 1. The van der Waals surface area contributed by atoms with E-state index in [4.69, 9.17) is 4.74 Å². The normalized spacial score (nSPS) is 23.3. The third kappa shape index (κ3) is 4.40. The van der Waals surface area contributed by atoms with E-state index in [1.807, 2.05) is 6.07 Å². The summed E-state index contributed by atoms with van der Waals surface area (Å²) in [5, 5.41) is 15.8. The van der Waals surface area contributed by atoms with Gasteiger partial charge in [0.15, 0.2) is 11.4 Å². The molecule has 3 aliphatic rings. The summed E-state index contributed by atoms with van der Waals surface area (Å²) in [6, 6.07) is 2.01. The zero-order valence-corrected chi connectivity index (χ0v) is 14.5. The molecule has 7 nitrogen and oxygen atoms in total. The minimum atomic E-state index is -0.561. The molecular weight excluding hydrogens is 318 g/mol. The van der Waals surface area contributed by atoms with Gasteiger partial charge in [0, 0.05) is 38.6 Å². The molecule has 1 aliphatic carbocycles. The maximum atomic E-state index is 12.5. The van der Waals surface area contributed by atoms with Gasteiger partial charge in [-0.15, -0.1) is 0 Å². The lowest BCUT2D eigenvalue weighted by molar-refractivity contribution is -0.140. The van der Waals surface area contributed by atoms with E-state index < -0.39 is 5.97 Å². The zero-order valence-electron chi connectivity index (χ0n) is 14.5. The zero-order chi connectivity index (χ0) is 17.5. The van der Waals surface area contributed by atoms with Crippen molar-refractivity contribution in [1.82, 2.24) is 15.5 Å². The molecule has 2 aliphatic heterocycles. The molecule has 134 valence electrons. The van der Waals surface area contributed by atoms with Crippen molar-refractivity contribution in [2.75, 3.05) is 32.8 Å². The van der Waals surface area contributed by atoms with Crippen molar-refractivity contribution in [2.45, 2.75) is 32.1 Å². The second-order valence-corrected chi connectivity index (χ2v) is 6.61. The lowest BCUT2D eigenvalue weighted by atomic mass is 9.90. The number of ether oxygens (including phenoxy) is 1. The molecule has 0 aromatic rings. The van der Waals surface area contributed by atoms with E-state index >= 15 is 0 Å². The van der Waals surface area contributed by atoms with Gasteiger partial charge >= 0.3 is 5.97 Å². The van der Waals surface area contributed by atoms with Crippen LogP contribution in [0.5, 0.6) is 0 Å². The maximum absolute atomic E-state index is 12.5. The smallest absolute Gasteiger partial charge is 0.351 e. The monoisotopic (exact) mass is 343 g/mol. The molecule has 2 fully saturated rings. The molecule has 0 spiro atoms. The van der Waals surface area contributed by atoms with Gasteiger partial charge in [-0.3, -0.25) is 0 Å². The lowest BCUT2D eigenvalue weighted by Gasteiger charge is -2.32. The topological polar surface area (TPSA) is 89.8 Å². The van der Waals surface area contributed by atoms with Crippen molar-refractivity contribution in [3.8, 4) is 6.07 Å². The van der Waals surface area contributed by atoms with E-state index in [1.54, 1.807) is 12.4 Å². The highest BCUT2D eigenvalue weighted by Gasteiger charge is 2.27. The molecule has 7 heteroatoms. The Hall–Kier alpha value is -2.33. The quantitative estimate of drug-likeness (QED) is 0.456. The fourth-order valence-corrected chi connectivity index (χ4v) is 3.48. The molecule has 0 unspecified atom stereocenters. The van der Waals surface area contributed by atoms with E-state index in [0.29, 0.717) is 24.1 Å². The molecule has 25 heavy (non-hydrogen) atoms. The number of esters is 1. The van der Waals surface area contributed by atoms with Gasteiger partial charge in [-0.1, -0.05) is 19.3 Å². The Labute approximate surface area is 148 Å². The van der Waals surface area contributed by atoms with Crippen LogP contribution in [0.4, 0.5) is 0 Å². The van der Waals surface area contributed by atoms with Gasteiger partial charge in [-0.05, 0) is 18.8 Å². The molecule has 0 bridgehead atoms. The first kappa shape index (κ1) is 17.5. The second-order valence-electron chi connectivity index (χ2n) is 6.61. The Kier molecular flexibility index (Phi) is 6.07. The fourth-order valence-electron chi connectivity index (χ4n) is 3.48. The van der Waals surface area contributed by atoms with Gasteiger partial charge in [0.1, 0.15) is 11.8 Å². The van der Waals surface area contributed by atoms with Gasteiger partial charge in [-0.2, -0.15) is 5.26 Å². The van der Waals surface area contributed by atoms with Crippen LogP contribution in [0.15, 0.2) is 28.7 Å². The molecular formula is C18H25N5O2. The van der Waals surface area contributed by atoms with Crippen molar-refractivity contribution in [3.05, 3.63) is 23.7 Å². The van der Waals surface area contributed by atoms with Gasteiger partial charge < -0.3 is 20.3 Å². The maximum Gasteiger partial charge on any atom is 0.351 e. The predicted molar refractivity (Wildman–Crippen MR) is 94.3 cm³/mol. The van der Waals surface area contributed by atoms with Gasteiger partial charge in [-0.25, -0.2) is 9.79 Å². The minimum absolute atomic E-state index is 0.00237. The van der Waals surface area contributed by atoms with Crippen molar-refractivity contribution in [3.63, 3.8) is 0 Å². The summed E-state index contributed by atoms with van der Waals surface area (Å²) in [5.41, 5.74) is 0.443. The van der Waals surface area contributed by atoms with Crippen molar-refractivity contribution in [1.29, 1.82) is 5.26 Å². The second kappa shape index (κ2) is 8.67. The number of nitrogens with zero attached hydrogens (tertiary/aromatic N) is 3. The highest BCUT2D eigenvalue weighted by atomic mass is 16.5. The number of nitrogens with one attached hydrogen (secondary N) is 2. The first-order valence-electron chi connectivity index (χ1n) is 9.06. The standard InChI is InChI=1S/C18H25N5O2/c19-12-15(18(24)25-13-14-4-2-1-3-5-14)16-17(22-7-6-21-16)23-10-8-20-9-11-23/h6-7,14,20-21H,1-5,8-11,13H2/b16-15-. The van der Waals surface area contributed by atoms with Gasteiger partial charge in [0.25, 0.3) is 0 Å². The van der Waals surface area contributed by atoms with Crippen molar-refractivity contribution >= 4 is 11.8 Å². The number of nitriles is 1. The summed E-state index contributed by atoms with van der Waals surface area (Å²) in [5.74, 6) is 0.493. The van der Waals surface area contributed by atoms with Crippen LogP contribution in [0.1, 0.15) is 32.1 Å². The molecule has 3 rings (SSSR count). The van der Waals surface area contributed by atoms with E-state index in [9.17, 15) is 10.1 Å². The Morgan fingerprint density at radius 2 is 2.08 bits per heavy atom. The SMILES string of the molecule is N#C/C(C(=O)OCC1CCCCC1)=C1/NC=CN=C1N1CCNCC1. The van der Waals surface area contributed by atoms with Crippen LogP contribution in [0.25, 0.3) is 0 Å². The first-order chi connectivity index (χ1) is 12.3. The Morgan fingerprint density at radius 3 is 2.80 bits per heavy atom. The molecule has 0 radical (unpaired) electrons. The average molecular weight is 343 g/mol. The molecule has 1 saturated carbocycles.